The van der Waals surface area contributed by atoms with Gasteiger partial charge in [0.15, 0.2) is 5.54 Å². The maximum atomic E-state index is 13.3. The van der Waals surface area contributed by atoms with E-state index in [1.165, 1.54) is 19.2 Å². The highest BCUT2D eigenvalue weighted by molar-refractivity contribution is 6.09. The lowest BCUT2D eigenvalue weighted by molar-refractivity contribution is -0.153. The van der Waals surface area contributed by atoms with Crippen LogP contribution in [0.2, 0.25) is 0 Å². The Balaban J connectivity index is 1.89. The number of rotatable bonds is 10. The fraction of sp³-hybridized carbons (Fsp3) is 0.500. The number of methoxy groups -OCH3 is 1. The van der Waals surface area contributed by atoms with Gasteiger partial charge in [0.25, 0.3) is 0 Å². The zero-order valence-electron chi connectivity index (χ0n) is 18.8. The minimum absolute atomic E-state index is 0.155. The second kappa shape index (κ2) is 10.3. The average Bonchev–Trinajstić information content (AvgIpc) is 3.30. The molecule has 4 unspecified atom stereocenters. The van der Waals surface area contributed by atoms with Gasteiger partial charge in [-0.15, -0.1) is 0 Å². The number of amides is 2. The number of likely N-dealkylation sites (tertiary alicyclic amines) is 1. The summed E-state index contributed by atoms with van der Waals surface area (Å²) in [6.45, 7) is 1.41. The van der Waals surface area contributed by atoms with E-state index in [1.807, 2.05) is 12.2 Å². The summed E-state index contributed by atoms with van der Waals surface area (Å²) >= 11 is 0. The number of carboxylic acid groups (broad SMARTS) is 1. The Kier molecular flexibility index (Phi) is 7.65. The first-order valence-electron chi connectivity index (χ1n) is 11.1. The Labute approximate surface area is 192 Å². The van der Waals surface area contributed by atoms with Crippen LogP contribution in [0, 0.1) is 11.8 Å². The Morgan fingerprint density at radius 3 is 2.39 bits per heavy atom. The number of hydrogen-bond acceptors (Lipinski definition) is 7. The molecule has 9 heteroatoms. The summed E-state index contributed by atoms with van der Waals surface area (Å²) in [7, 11) is 1.26. The van der Waals surface area contributed by atoms with E-state index in [1.54, 1.807) is 12.1 Å². The smallest absolute Gasteiger partial charge is 0.337 e. The van der Waals surface area contributed by atoms with Gasteiger partial charge >= 0.3 is 11.9 Å². The summed E-state index contributed by atoms with van der Waals surface area (Å²) in [6, 6.07) is 5.39. The van der Waals surface area contributed by atoms with E-state index in [-0.39, 0.29) is 6.54 Å². The van der Waals surface area contributed by atoms with Crippen molar-refractivity contribution in [1.29, 1.82) is 0 Å². The van der Waals surface area contributed by atoms with Gasteiger partial charge in [-0.3, -0.25) is 24.6 Å². The first-order valence-corrected chi connectivity index (χ1v) is 11.1. The lowest BCUT2D eigenvalue weighted by Gasteiger charge is -2.29. The Hall–Kier alpha value is -3.04. The van der Waals surface area contributed by atoms with Crippen molar-refractivity contribution in [1.82, 2.24) is 10.2 Å². The third kappa shape index (κ3) is 4.43. The molecule has 3 N–H and O–H groups in total. The van der Waals surface area contributed by atoms with Crippen molar-refractivity contribution in [3.8, 4) is 0 Å². The second-order valence-electron chi connectivity index (χ2n) is 8.40. The van der Waals surface area contributed by atoms with E-state index in [2.05, 4.69) is 12.2 Å². The second-order valence-corrected chi connectivity index (χ2v) is 8.40. The molecule has 3 rings (SSSR count). The molecule has 9 nitrogen and oxygen atoms in total. The van der Waals surface area contributed by atoms with Gasteiger partial charge in [0.05, 0.1) is 31.1 Å². The molecule has 2 amide bonds. The number of aliphatic carboxylic acids is 1. The summed E-state index contributed by atoms with van der Waals surface area (Å²) in [6.07, 6.45) is 7.46. The van der Waals surface area contributed by atoms with E-state index < -0.39 is 53.8 Å². The molecule has 2 heterocycles. The zero-order chi connectivity index (χ0) is 24.2. The molecular formula is C24H30N2O7. The number of imide groups is 1. The number of carboxylic acids is 1. The molecule has 0 aromatic heterocycles. The largest absolute Gasteiger partial charge is 0.480 e. The Morgan fingerprint density at radius 1 is 1.15 bits per heavy atom. The molecule has 0 spiro atoms. The van der Waals surface area contributed by atoms with Gasteiger partial charge in [0, 0.05) is 12.6 Å². The van der Waals surface area contributed by atoms with E-state index >= 15 is 0 Å². The molecule has 0 bridgehead atoms. The van der Waals surface area contributed by atoms with E-state index in [4.69, 9.17) is 4.74 Å². The Bertz CT molecular complexity index is 943. The maximum absolute atomic E-state index is 13.3. The number of ether oxygens (including phenoxy) is 1. The molecule has 0 saturated carbocycles. The van der Waals surface area contributed by atoms with Crippen molar-refractivity contribution in [2.45, 2.75) is 44.2 Å². The van der Waals surface area contributed by atoms with Gasteiger partial charge < -0.3 is 14.9 Å². The van der Waals surface area contributed by atoms with Crippen molar-refractivity contribution < 1.29 is 34.1 Å². The molecule has 2 saturated heterocycles. The van der Waals surface area contributed by atoms with Crippen LogP contribution in [0.4, 0.5) is 0 Å². The van der Waals surface area contributed by atoms with Gasteiger partial charge in [0.2, 0.25) is 11.8 Å². The van der Waals surface area contributed by atoms with Crippen molar-refractivity contribution in [3.63, 3.8) is 0 Å². The van der Waals surface area contributed by atoms with Crippen LogP contribution in [0.15, 0.2) is 36.4 Å². The first kappa shape index (κ1) is 24.6. The van der Waals surface area contributed by atoms with Crippen LogP contribution in [0.25, 0.3) is 0 Å². The lowest BCUT2D eigenvalue weighted by Crippen LogP contribution is -2.58. The third-order valence-corrected chi connectivity index (χ3v) is 6.48. The number of aliphatic hydroxyl groups excluding tert-OH is 1. The number of fused-ring (bicyclic) bond motifs is 1. The molecular weight excluding hydrogens is 428 g/mol. The number of hydrogen-bond donors (Lipinski definition) is 3. The molecule has 0 aliphatic carbocycles. The number of benzene rings is 1. The number of nitrogens with one attached hydrogen (secondary N) is 1. The van der Waals surface area contributed by atoms with Crippen LogP contribution >= 0.6 is 0 Å². The van der Waals surface area contributed by atoms with Crippen LogP contribution < -0.4 is 5.32 Å². The number of aliphatic hydroxyl groups is 1. The number of esters is 1. The highest BCUT2D eigenvalue weighted by Gasteiger charge is 2.68. The molecule has 1 aromatic carbocycles. The molecule has 178 valence electrons. The minimum Gasteiger partial charge on any atom is -0.480 e. The topological polar surface area (TPSA) is 133 Å². The number of carbonyl (C=O) groups excluding carboxylic acids is 3. The summed E-state index contributed by atoms with van der Waals surface area (Å²) in [5, 5.41) is 22.8. The number of nitrogens with zero attached hydrogens (tertiary/aromatic N) is 1. The predicted octanol–water partition coefficient (Wildman–Crippen LogP) is 1.67. The van der Waals surface area contributed by atoms with Crippen LogP contribution in [-0.4, -0.2) is 64.7 Å². The third-order valence-electron chi connectivity index (χ3n) is 6.48. The Morgan fingerprint density at radius 2 is 1.82 bits per heavy atom. The summed E-state index contributed by atoms with van der Waals surface area (Å²) in [5.74, 6) is -5.19. The molecule has 2 aliphatic rings. The van der Waals surface area contributed by atoms with Crippen LogP contribution in [0.1, 0.15) is 54.6 Å². The predicted molar refractivity (Wildman–Crippen MR) is 118 cm³/mol. The van der Waals surface area contributed by atoms with E-state index in [0.717, 1.165) is 24.2 Å². The van der Waals surface area contributed by atoms with Crippen LogP contribution in [0.5, 0.6) is 0 Å². The summed E-state index contributed by atoms with van der Waals surface area (Å²) < 4.78 is 4.69. The number of allylic oxidation sites excluding steroid dienone is 1. The van der Waals surface area contributed by atoms with Gasteiger partial charge in [0.1, 0.15) is 0 Å². The first-order chi connectivity index (χ1) is 15.8. The van der Waals surface area contributed by atoms with E-state index in [9.17, 15) is 29.4 Å². The fourth-order valence-corrected chi connectivity index (χ4v) is 4.69. The standard InChI is InChI=1S/C24H30N2O7/c1-3-4-5-6-7-8-13-26-20(28)17-18(21(26)29)24(14-27,23(31)32)25-19(17)15-9-11-16(12-10-15)22(30)33-2/h6-7,9-12,17-19,25,27H,3-5,8,13-14H2,1-2H3,(H,31,32)/b7-6+. The molecule has 2 fully saturated rings. The molecule has 33 heavy (non-hydrogen) atoms. The average molecular weight is 459 g/mol. The van der Waals surface area contributed by atoms with Crippen molar-refractivity contribution >= 4 is 23.8 Å². The quantitative estimate of drug-likeness (QED) is 0.209. The SMILES string of the molecule is CCCC/C=C/CCN1C(=O)C2C(c3ccc(C(=O)OC)cc3)NC(CO)(C(=O)O)C2C1=O. The van der Waals surface area contributed by atoms with Gasteiger partial charge in [-0.05, 0) is 30.5 Å². The number of unbranched alkanes of at least 4 members (excludes halogenated alkanes) is 2. The van der Waals surface area contributed by atoms with Gasteiger partial charge in [-0.1, -0.05) is 44.1 Å². The fourth-order valence-electron chi connectivity index (χ4n) is 4.69. The van der Waals surface area contributed by atoms with Gasteiger partial charge in [-0.2, -0.15) is 0 Å². The van der Waals surface area contributed by atoms with Crippen molar-refractivity contribution in [2.75, 3.05) is 20.3 Å². The summed E-state index contributed by atoms with van der Waals surface area (Å²) in [5.41, 5.74) is -1.14. The molecule has 2 aliphatic heterocycles. The molecule has 0 radical (unpaired) electrons. The van der Waals surface area contributed by atoms with Crippen molar-refractivity contribution in [2.24, 2.45) is 11.8 Å². The van der Waals surface area contributed by atoms with Gasteiger partial charge in [-0.25, -0.2) is 4.79 Å². The molecule has 1 aromatic rings. The van der Waals surface area contributed by atoms with Crippen LogP contribution in [0.3, 0.4) is 0 Å². The monoisotopic (exact) mass is 458 g/mol. The van der Waals surface area contributed by atoms with E-state index in [0.29, 0.717) is 17.5 Å². The maximum Gasteiger partial charge on any atom is 0.337 e. The lowest BCUT2D eigenvalue weighted by atomic mass is 9.79. The zero-order valence-corrected chi connectivity index (χ0v) is 18.8. The summed E-state index contributed by atoms with van der Waals surface area (Å²) in [4.78, 5) is 51.5. The highest BCUT2D eigenvalue weighted by atomic mass is 16.5. The molecule has 4 atom stereocenters. The normalized spacial score (nSPS) is 26.8. The highest BCUT2D eigenvalue weighted by Crippen LogP contribution is 2.48. The van der Waals surface area contributed by atoms with Crippen LogP contribution in [-0.2, 0) is 19.1 Å². The number of carbonyl (C=O) groups is 4. The van der Waals surface area contributed by atoms with Crippen molar-refractivity contribution in [3.05, 3.63) is 47.5 Å². The minimum atomic E-state index is -1.98.